The Bertz CT molecular complexity index is 992. The van der Waals surface area contributed by atoms with Gasteiger partial charge < -0.3 is 5.32 Å². The maximum Gasteiger partial charge on any atom is 0.250 e. The highest BCUT2D eigenvalue weighted by atomic mass is 35.5. The topological polar surface area (TPSA) is 41.1 Å². The predicted octanol–water partition coefficient (Wildman–Crippen LogP) is 5.67. The smallest absolute Gasteiger partial charge is 0.250 e. The number of halogens is 2. The highest BCUT2D eigenvalue weighted by Crippen LogP contribution is 2.22. The molecule has 0 bridgehead atoms. The highest BCUT2D eigenvalue weighted by molar-refractivity contribution is 7.80. The Morgan fingerprint density at radius 1 is 0.962 bits per heavy atom. The zero-order valence-corrected chi connectivity index (χ0v) is 15.8. The Morgan fingerprint density at radius 2 is 1.65 bits per heavy atom. The van der Waals surface area contributed by atoms with Crippen LogP contribution in [0.4, 0.5) is 5.69 Å². The summed E-state index contributed by atoms with van der Waals surface area (Å²) in [6.07, 6.45) is 3.21. The van der Waals surface area contributed by atoms with Gasteiger partial charge in [-0.15, -0.1) is 0 Å². The lowest BCUT2D eigenvalue weighted by molar-refractivity contribution is -0.115. The van der Waals surface area contributed by atoms with Crippen LogP contribution in [0, 0.1) is 0 Å². The molecule has 0 heterocycles. The molecule has 0 radical (unpaired) electrons. The van der Waals surface area contributed by atoms with Gasteiger partial charge in [0, 0.05) is 21.8 Å². The van der Waals surface area contributed by atoms with Crippen molar-refractivity contribution in [2.24, 2.45) is 0 Å². The molecule has 0 aliphatic carbocycles. The molecule has 0 aliphatic rings. The largest absolute Gasteiger partial charge is 0.332 e. The molecule has 0 unspecified atom stereocenters. The van der Waals surface area contributed by atoms with Gasteiger partial charge in [-0.05, 0) is 52.8 Å². The van der Waals surface area contributed by atoms with E-state index in [4.69, 9.17) is 35.4 Å². The van der Waals surface area contributed by atoms with Crippen LogP contribution >= 0.6 is 35.4 Å². The summed E-state index contributed by atoms with van der Waals surface area (Å²) in [6.45, 7) is 0. The first-order valence-electron chi connectivity index (χ1n) is 7.75. The van der Waals surface area contributed by atoms with Crippen molar-refractivity contribution in [3.8, 4) is 0 Å². The lowest BCUT2D eigenvalue weighted by Crippen LogP contribution is -2.32. The third-order valence-corrected chi connectivity index (χ3v) is 4.24. The molecule has 0 saturated carbocycles. The van der Waals surface area contributed by atoms with E-state index in [-0.39, 0.29) is 11.0 Å². The quantitative estimate of drug-likeness (QED) is 0.439. The van der Waals surface area contributed by atoms with Gasteiger partial charge in [0.2, 0.25) is 5.91 Å². The Labute approximate surface area is 166 Å². The number of anilines is 1. The summed E-state index contributed by atoms with van der Waals surface area (Å²) in [7, 11) is 0. The molecule has 0 saturated heterocycles. The third kappa shape index (κ3) is 4.82. The summed E-state index contributed by atoms with van der Waals surface area (Å²) in [6, 6.07) is 18.9. The lowest BCUT2D eigenvalue weighted by Gasteiger charge is -2.09. The summed E-state index contributed by atoms with van der Waals surface area (Å²) in [4.78, 5) is 12.1. The maximum absolute atomic E-state index is 12.1. The Balaban J connectivity index is 1.66. The van der Waals surface area contributed by atoms with Crippen LogP contribution in [0.15, 0.2) is 66.7 Å². The number of carbonyl (C=O) groups excluding carboxylic acids is 1. The van der Waals surface area contributed by atoms with Crippen LogP contribution in [0.25, 0.3) is 16.8 Å². The zero-order chi connectivity index (χ0) is 18.5. The Hall–Kier alpha value is -2.40. The van der Waals surface area contributed by atoms with Crippen molar-refractivity contribution in [1.29, 1.82) is 0 Å². The average Bonchev–Trinajstić information content (AvgIpc) is 2.58. The molecule has 3 aromatic rings. The van der Waals surface area contributed by atoms with Crippen molar-refractivity contribution in [1.82, 2.24) is 5.32 Å². The first-order valence-corrected chi connectivity index (χ1v) is 8.91. The number of thiocarbonyl (C=S) groups is 1. The monoisotopic (exact) mass is 400 g/mol. The van der Waals surface area contributed by atoms with E-state index < -0.39 is 0 Å². The van der Waals surface area contributed by atoms with Gasteiger partial charge in [0.25, 0.3) is 0 Å². The van der Waals surface area contributed by atoms with Crippen LogP contribution in [-0.4, -0.2) is 11.0 Å². The van der Waals surface area contributed by atoms with Crippen molar-refractivity contribution in [3.05, 3.63) is 82.3 Å². The van der Waals surface area contributed by atoms with Gasteiger partial charge in [-0.25, -0.2) is 0 Å². The first kappa shape index (κ1) is 18.4. The minimum atomic E-state index is -0.330. The second-order valence-corrected chi connectivity index (χ2v) is 6.78. The van der Waals surface area contributed by atoms with Gasteiger partial charge >= 0.3 is 0 Å². The summed E-state index contributed by atoms with van der Waals surface area (Å²) >= 11 is 17.0. The van der Waals surface area contributed by atoms with E-state index in [2.05, 4.69) is 10.6 Å². The summed E-state index contributed by atoms with van der Waals surface area (Å²) in [5.41, 5.74) is 1.56. The van der Waals surface area contributed by atoms with E-state index in [0.717, 1.165) is 16.3 Å². The SMILES string of the molecule is O=C(C=Cc1cccc2ccccc12)NC(=S)Nc1cc(Cl)cc(Cl)c1. The molecular weight excluding hydrogens is 387 g/mol. The number of rotatable bonds is 3. The van der Waals surface area contributed by atoms with Crippen molar-refractivity contribution in [2.45, 2.75) is 0 Å². The molecule has 1 amide bonds. The molecule has 0 aromatic heterocycles. The molecule has 2 N–H and O–H groups in total. The second kappa shape index (κ2) is 8.32. The number of benzene rings is 3. The van der Waals surface area contributed by atoms with E-state index in [1.165, 1.54) is 6.08 Å². The fourth-order valence-corrected chi connectivity index (χ4v) is 3.25. The third-order valence-electron chi connectivity index (χ3n) is 3.59. The zero-order valence-electron chi connectivity index (χ0n) is 13.5. The summed E-state index contributed by atoms with van der Waals surface area (Å²) < 4.78 is 0. The van der Waals surface area contributed by atoms with Crippen LogP contribution in [0.2, 0.25) is 10.0 Å². The highest BCUT2D eigenvalue weighted by Gasteiger charge is 2.04. The Morgan fingerprint density at radius 3 is 2.42 bits per heavy atom. The molecular formula is C20H14Cl2N2OS. The van der Waals surface area contributed by atoms with Gasteiger partial charge in [0.15, 0.2) is 5.11 Å². The molecule has 130 valence electrons. The van der Waals surface area contributed by atoms with E-state index >= 15 is 0 Å². The number of hydrogen-bond donors (Lipinski definition) is 2. The standard InChI is InChI=1S/C20H14Cl2N2OS/c21-15-10-16(22)12-17(11-15)23-20(26)24-19(25)9-8-14-6-3-5-13-4-1-2-7-18(13)14/h1-12H,(H2,23,24,25,26). The van der Waals surface area contributed by atoms with Crippen molar-refractivity contribution >= 4 is 69.0 Å². The van der Waals surface area contributed by atoms with Gasteiger partial charge in [-0.3, -0.25) is 10.1 Å². The molecule has 0 spiro atoms. The summed E-state index contributed by atoms with van der Waals surface area (Å²) in [5, 5.41) is 8.78. The van der Waals surface area contributed by atoms with Gasteiger partial charge in [0.1, 0.15) is 0 Å². The predicted molar refractivity (Wildman–Crippen MR) is 114 cm³/mol. The molecule has 0 fully saturated rings. The van der Waals surface area contributed by atoms with Crippen LogP contribution in [0.3, 0.4) is 0 Å². The van der Waals surface area contributed by atoms with Gasteiger partial charge in [-0.2, -0.15) is 0 Å². The lowest BCUT2D eigenvalue weighted by atomic mass is 10.0. The van der Waals surface area contributed by atoms with Crippen LogP contribution < -0.4 is 10.6 Å². The van der Waals surface area contributed by atoms with E-state index in [1.54, 1.807) is 24.3 Å². The molecule has 0 atom stereocenters. The molecule has 3 rings (SSSR count). The van der Waals surface area contributed by atoms with Crippen LogP contribution in [-0.2, 0) is 4.79 Å². The molecule has 0 aliphatic heterocycles. The molecule has 6 heteroatoms. The average molecular weight is 401 g/mol. The molecule has 3 nitrogen and oxygen atoms in total. The number of carbonyl (C=O) groups is 1. The van der Waals surface area contributed by atoms with Gasteiger partial charge in [-0.1, -0.05) is 65.7 Å². The number of nitrogens with one attached hydrogen (secondary N) is 2. The van der Waals surface area contributed by atoms with Crippen molar-refractivity contribution in [3.63, 3.8) is 0 Å². The molecule has 26 heavy (non-hydrogen) atoms. The Kier molecular flexibility index (Phi) is 5.89. The van der Waals surface area contributed by atoms with Crippen LogP contribution in [0.1, 0.15) is 5.56 Å². The summed E-state index contributed by atoms with van der Waals surface area (Å²) in [5.74, 6) is -0.330. The van der Waals surface area contributed by atoms with E-state index in [1.807, 2.05) is 42.5 Å². The van der Waals surface area contributed by atoms with E-state index in [9.17, 15) is 4.79 Å². The van der Waals surface area contributed by atoms with E-state index in [0.29, 0.717) is 15.7 Å². The first-order chi connectivity index (χ1) is 12.5. The number of hydrogen-bond acceptors (Lipinski definition) is 2. The van der Waals surface area contributed by atoms with Crippen LogP contribution in [0.5, 0.6) is 0 Å². The second-order valence-electron chi connectivity index (χ2n) is 5.50. The number of fused-ring (bicyclic) bond motifs is 1. The normalized spacial score (nSPS) is 10.8. The minimum absolute atomic E-state index is 0.163. The van der Waals surface area contributed by atoms with Crippen molar-refractivity contribution < 1.29 is 4.79 Å². The minimum Gasteiger partial charge on any atom is -0.332 e. The van der Waals surface area contributed by atoms with Gasteiger partial charge in [0.05, 0.1) is 0 Å². The molecule has 3 aromatic carbocycles. The number of amides is 1. The fourth-order valence-electron chi connectivity index (χ4n) is 2.50. The van der Waals surface area contributed by atoms with Crippen molar-refractivity contribution in [2.75, 3.05) is 5.32 Å². The fraction of sp³-hybridized carbons (Fsp3) is 0. The maximum atomic E-state index is 12.1.